The summed E-state index contributed by atoms with van der Waals surface area (Å²) in [7, 11) is 1.62. The van der Waals surface area contributed by atoms with E-state index in [9.17, 15) is 9.59 Å². The van der Waals surface area contributed by atoms with E-state index in [4.69, 9.17) is 14.2 Å². The lowest BCUT2D eigenvalue weighted by atomic mass is 9.91. The molecule has 2 aliphatic rings. The number of amides is 3. The van der Waals surface area contributed by atoms with Gasteiger partial charge in [-0.2, -0.15) is 0 Å². The van der Waals surface area contributed by atoms with Crippen LogP contribution in [0.15, 0.2) is 47.8 Å². The van der Waals surface area contributed by atoms with Gasteiger partial charge < -0.3 is 19.5 Å². The zero-order chi connectivity index (χ0) is 21.6. The van der Waals surface area contributed by atoms with E-state index in [2.05, 4.69) is 10.3 Å². The summed E-state index contributed by atoms with van der Waals surface area (Å²) in [5.74, 6) is 1.61. The van der Waals surface area contributed by atoms with Crippen LogP contribution < -0.4 is 19.5 Å². The van der Waals surface area contributed by atoms with Gasteiger partial charge >= 0.3 is 6.03 Å². The minimum Gasteiger partial charge on any atom is -0.497 e. The summed E-state index contributed by atoms with van der Waals surface area (Å²) in [6.07, 6.45) is 0. The molecule has 1 aromatic heterocycles. The number of imide groups is 1. The average molecular weight is 437 g/mol. The van der Waals surface area contributed by atoms with Gasteiger partial charge in [0.1, 0.15) is 16.3 Å². The minimum atomic E-state index is -1.19. The van der Waals surface area contributed by atoms with E-state index >= 15 is 0 Å². The number of fused-ring (bicyclic) bond motifs is 1. The zero-order valence-corrected chi connectivity index (χ0v) is 17.7. The van der Waals surface area contributed by atoms with Crippen molar-refractivity contribution >= 4 is 23.3 Å². The van der Waals surface area contributed by atoms with Gasteiger partial charge in [0.05, 0.1) is 19.3 Å². The second kappa shape index (κ2) is 7.28. The van der Waals surface area contributed by atoms with Crippen LogP contribution in [0.25, 0.3) is 10.6 Å². The summed E-state index contributed by atoms with van der Waals surface area (Å²) in [5, 5.41) is 5.48. The number of urea groups is 1. The number of aromatic nitrogens is 1. The smallest absolute Gasteiger partial charge is 0.325 e. The van der Waals surface area contributed by atoms with Gasteiger partial charge in [0.25, 0.3) is 5.91 Å². The fraction of sp³-hybridized carbons (Fsp3) is 0.227. The Morgan fingerprint density at radius 2 is 1.94 bits per heavy atom. The molecule has 1 fully saturated rings. The van der Waals surface area contributed by atoms with Crippen LogP contribution >= 0.6 is 11.3 Å². The average Bonchev–Trinajstić information content (AvgIpc) is 3.49. The van der Waals surface area contributed by atoms with E-state index in [1.807, 2.05) is 29.6 Å². The van der Waals surface area contributed by atoms with Crippen molar-refractivity contribution in [3.05, 3.63) is 59.1 Å². The van der Waals surface area contributed by atoms with E-state index < -0.39 is 11.6 Å². The highest BCUT2D eigenvalue weighted by Gasteiger charge is 2.49. The van der Waals surface area contributed by atoms with Crippen LogP contribution in [0.2, 0.25) is 0 Å². The van der Waals surface area contributed by atoms with Gasteiger partial charge in [-0.15, -0.1) is 11.3 Å². The Kier molecular flexibility index (Phi) is 4.55. The third kappa shape index (κ3) is 3.27. The third-order valence-electron chi connectivity index (χ3n) is 5.43. The molecule has 1 atom stereocenters. The number of rotatable bonds is 5. The first kappa shape index (κ1) is 19.4. The molecule has 2 aromatic carbocycles. The van der Waals surface area contributed by atoms with Crippen molar-refractivity contribution in [3.8, 4) is 27.8 Å². The Morgan fingerprint density at radius 1 is 1.16 bits per heavy atom. The maximum absolute atomic E-state index is 13.2. The van der Waals surface area contributed by atoms with Crippen LogP contribution in [0, 0.1) is 0 Å². The highest BCUT2D eigenvalue weighted by molar-refractivity contribution is 7.13. The summed E-state index contributed by atoms with van der Waals surface area (Å²) < 4.78 is 15.9. The molecule has 1 N–H and O–H groups in total. The molecule has 0 saturated carbocycles. The number of methoxy groups -OCH3 is 1. The number of hydrogen-bond acceptors (Lipinski definition) is 7. The molecule has 9 heteroatoms. The normalized spacial score (nSPS) is 19.6. The Bertz CT molecular complexity index is 1180. The second-order valence-corrected chi connectivity index (χ2v) is 8.25. The molecule has 3 aromatic rings. The van der Waals surface area contributed by atoms with Crippen molar-refractivity contribution in [1.29, 1.82) is 0 Å². The standard InChI is InChI=1S/C22H19N3O5S/c1-22(14-5-8-17-18(9-14)30-12-29-17)20(26)25(21(27)24-22)10-15-11-31-19(23-15)13-3-6-16(28-2)7-4-13/h3-9,11H,10,12H2,1-2H3,(H,24,27)/t22-/m0/s1. The highest BCUT2D eigenvalue weighted by atomic mass is 32.1. The number of hydrogen-bond donors (Lipinski definition) is 1. The molecule has 2 aliphatic heterocycles. The van der Waals surface area contributed by atoms with Crippen LogP contribution in [0.5, 0.6) is 17.2 Å². The summed E-state index contributed by atoms with van der Waals surface area (Å²) in [4.78, 5) is 31.7. The molecule has 0 radical (unpaired) electrons. The molecular weight excluding hydrogens is 418 g/mol. The zero-order valence-electron chi connectivity index (χ0n) is 16.9. The molecule has 5 rings (SSSR count). The maximum Gasteiger partial charge on any atom is 0.325 e. The van der Waals surface area contributed by atoms with Crippen molar-refractivity contribution in [2.24, 2.45) is 0 Å². The van der Waals surface area contributed by atoms with Crippen LogP contribution in [0.3, 0.4) is 0 Å². The van der Waals surface area contributed by atoms with Crippen LogP contribution in [-0.4, -0.2) is 35.7 Å². The summed E-state index contributed by atoms with van der Waals surface area (Å²) in [6, 6.07) is 12.4. The lowest BCUT2D eigenvalue weighted by molar-refractivity contribution is -0.131. The first-order valence-corrected chi connectivity index (χ1v) is 10.5. The van der Waals surface area contributed by atoms with Crippen molar-refractivity contribution in [3.63, 3.8) is 0 Å². The van der Waals surface area contributed by atoms with E-state index in [0.29, 0.717) is 22.8 Å². The van der Waals surface area contributed by atoms with E-state index in [-0.39, 0.29) is 19.2 Å². The molecule has 31 heavy (non-hydrogen) atoms. The fourth-order valence-electron chi connectivity index (χ4n) is 3.65. The molecular formula is C22H19N3O5S. The number of carbonyl (C=O) groups excluding carboxylic acids is 2. The summed E-state index contributed by atoms with van der Waals surface area (Å²) >= 11 is 1.46. The van der Waals surface area contributed by atoms with Gasteiger partial charge in [0.15, 0.2) is 11.5 Å². The van der Waals surface area contributed by atoms with Crippen molar-refractivity contribution < 1.29 is 23.8 Å². The van der Waals surface area contributed by atoms with E-state index in [0.717, 1.165) is 16.3 Å². The SMILES string of the molecule is COc1ccc(-c2nc(CN3C(=O)N[C@@](C)(c4ccc5c(c4)OCO5)C3=O)cs2)cc1. The van der Waals surface area contributed by atoms with Crippen molar-refractivity contribution in [1.82, 2.24) is 15.2 Å². The van der Waals surface area contributed by atoms with Crippen LogP contribution in [-0.2, 0) is 16.9 Å². The predicted octanol–water partition coefficient (Wildman–Crippen LogP) is 3.51. The minimum absolute atomic E-state index is 0.0947. The molecule has 3 amide bonds. The van der Waals surface area contributed by atoms with Gasteiger partial charge in [-0.25, -0.2) is 9.78 Å². The molecule has 0 unspecified atom stereocenters. The third-order valence-corrected chi connectivity index (χ3v) is 6.37. The van der Waals surface area contributed by atoms with Gasteiger partial charge in [-0.1, -0.05) is 6.07 Å². The number of nitrogens with one attached hydrogen (secondary N) is 1. The Balaban J connectivity index is 1.36. The number of benzene rings is 2. The van der Waals surface area contributed by atoms with Crippen molar-refractivity contribution in [2.45, 2.75) is 19.0 Å². The van der Waals surface area contributed by atoms with Crippen molar-refractivity contribution in [2.75, 3.05) is 13.9 Å². The molecule has 8 nitrogen and oxygen atoms in total. The Hall–Kier alpha value is -3.59. The first-order chi connectivity index (χ1) is 15.0. The number of carbonyl (C=O) groups is 2. The lowest BCUT2D eigenvalue weighted by Crippen LogP contribution is -2.40. The van der Waals surface area contributed by atoms with Crippen LogP contribution in [0.1, 0.15) is 18.2 Å². The predicted molar refractivity (Wildman–Crippen MR) is 113 cm³/mol. The molecule has 0 aliphatic carbocycles. The van der Waals surface area contributed by atoms with Gasteiger partial charge in [0, 0.05) is 10.9 Å². The summed E-state index contributed by atoms with van der Waals surface area (Å²) in [5.41, 5.74) is 1.04. The van der Waals surface area contributed by atoms with Gasteiger partial charge in [-0.3, -0.25) is 9.69 Å². The molecule has 158 valence electrons. The molecule has 1 saturated heterocycles. The van der Waals surface area contributed by atoms with Crippen LogP contribution in [0.4, 0.5) is 4.79 Å². The monoisotopic (exact) mass is 437 g/mol. The van der Waals surface area contributed by atoms with E-state index in [1.54, 1.807) is 32.2 Å². The van der Waals surface area contributed by atoms with E-state index in [1.165, 1.54) is 16.2 Å². The molecule has 3 heterocycles. The fourth-order valence-corrected chi connectivity index (χ4v) is 4.47. The first-order valence-electron chi connectivity index (χ1n) is 9.61. The quantitative estimate of drug-likeness (QED) is 0.615. The largest absolute Gasteiger partial charge is 0.497 e. The summed E-state index contributed by atoms with van der Waals surface area (Å²) in [6.45, 7) is 1.92. The highest BCUT2D eigenvalue weighted by Crippen LogP contribution is 2.38. The second-order valence-electron chi connectivity index (χ2n) is 7.39. The lowest BCUT2D eigenvalue weighted by Gasteiger charge is -2.22. The topological polar surface area (TPSA) is 90.0 Å². The number of nitrogens with zero attached hydrogens (tertiary/aromatic N) is 2. The Labute approximate surface area is 182 Å². The van der Waals surface area contributed by atoms with Gasteiger partial charge in [-0.05, 0) is 48.9 Å². The van der Waals surface area contributed by atoms with Gasteiger partial charge in [0.2, 0.25) is 6.79 Å². The number of thiazole rings is 1. The Morgan fingerprint density at radius 3 is 2.71 bits per heavy atom. The molecule has 0 bridgehead atoms. The molecule has 0 spiro atoms. The number of ether oxygens (including phenoxy) is 3. The maximum atomic E-state index is 13.2.